The first-order valence-electron chi connectivity index (χ1n) is 6.26. The molecule has 0 amide bonds. The van der Waals surface area contributed by atoms with Crippen molar-refractivity contribution in [2.45, 2.75) is 39.2 Å². The molecule has 0 aromatic carbocycles. The molecule has 17 heavy (non-hydrogen) atoms. The summed E-state index contributed by atoms with van der Waals surface area (Å²) >= 11 is 0. The third kappa shape index (κ3) is 5.29. The minimum atomic E-state index is -0.333. The van der Waals surface area contributed by atoms with Gasteiger partial charge in [0.2, 0.25) is 0 Å². The molecule has 0 aliphatic heterocycles. The Balaban J connectivity index is 2.41. The standard InChI is InChI=1S/C14H23NO2/c1-4-12-5-6-13(15-9-12)8-14(16)7-11(2)10-17-3/h5-6,9,11,14,16H,4,7-8,10H2,1-3H3. The zero-order valence-electron chi connectivity index (χ0n) is 11.0. The molecule has 0 spiro atoms. The van der Waals surface area contributed by atoms with E-state index in [1.807, 2.05) is 12.3 Å². The van der Waals surface area contributed by atoms with Crippen LogP contribution in [0.5, 0.6) is 0 Å². The van der Waals surface area contributed by atoms with Gasteiger partial charge in [-0.3, -0.25) is 4.98 Å². The minimum absolute atomic E-state index is 0.333. The second-order valence-electron chi connectivity index (χ2n) is 4.67. The van der Waals surface area contributed by atoms with E-state index in [4.69, 9.17) is 4.74 Å². The van der Waals surface area contributed by atoms with Gasteiger partial charge in [-0.15, -0.1) is 0 Å². The first-order valence-corrected chi connectivity index (χ1v) is 6.26. The highest BCUT2D eigenvalue weighted by molar-refractivity contribution is 5.14. The zero-order valence-corrected chi connectivity index (χ0v) is 11.0. The number of pyridine rings is 1. The molecule has 3 nitrogen and oxygen atoms in total. The number of aliphatic hydroxyl groups is 1. The molecule has 1 rings (SSSR count). The third-order valence-electron chi connectivity index (χ3n) is 2.86. The molecule has 0 radical (unpaired) electrons. The molecule has 3 heteroatoms. The maximum Gasteiger partial charge on any atom is 0.0599 e. The van der Waals surface area contributed by atoms with E-state index in [0.29, 0.717) is 18.9 Å². The maximum absolute atomic E-state index is 9.93. The fourth-order valence-corrected chi connectivity index (χ4v) is 1.93. The summed E-state index contributed by atoms with van der Waals surface area (Å²) in [7, 11) is 1.69. The van der Waals surface area contributed by atoms with Crippen molar-refractivity contribution in [2.75, 3.05) is 13.7 Å². The molecule has 2 atom stereocenters. The first-order chi connectivity index (χ1) is 8.15. The number of nitrogens with zero attached hydrogens (tertiary/aromatic N) is 1. The Morgan fingerprint density at radius 3 is 2.71 bits per heavy atom. The summed E-state index contributed by atoms with van der Waals surface area (Å²) in [5, 5.41) is 9.93. The Morgan fingerprint density at radius 2 is 2.18 bits per heavy atom. The van der Waals surface area contributed by atoms with Crippen LogP contribution in [0.25, 0.3) is 0 Å². The molecule has 0 fully saturated rings. The topological polar surface area (TPSA) is 42.4 Å². The highest BCUT2D eigenvalue weighted by Crippen LogP contribution is 2.11. The number of methoxy groups -OCH3 is 1. The summed E-state index contributed by atoms with van der Waals surface area (Å²) in [4.78, 5) is 4.35. The lowest BCUT2D eigenvalue weighted by Gasteiger charge is -2.15. The quantitative estimate of drug-likeness (QED) is 0.790. The molecular weight excluding hydrogens is 214 g/mol. The van der Waals surface area contributed by atoms with E-state index in [0.717, 1.165) is 18.5 Å². The predicted molar refractivity (Wildman–Crippen MR) is 69.0 cm³/mol. The van der Waals surface area contributed by atoms with E-state index in [1.165, 1.54) is 5.56 Å². The van der Waals surface area contributed by atoms with Crippen LogP contribution in [0, 0.1) is 5.92 Å². The Kier molecular flexibility index (Phi) is 6.16. The summed E-state index contributed by atoms with van der Waals surface area (Å²) in [6.07, 6.45) is 3.94. The molecule has 1 aromatic heterocycles. The molecule has 0 bridgehead atoms. The lowest BCUT2D eigenvalue weighted by molar-refractivity contribution is 0.101. The van der Waals surface area contributed by atoms with Crippen molar-refractivity contribution in [3.05, 3.63) is 29.6 Å². The van der Waals surface area contributed by atoms with Gasteiger partial charge < -0.3 is 9.84 Å². The van der Waals surface area contributed by atoms with Gasteiger partial charge in [0.1, 0.15) is 0 Å². The highest BCUT2D eigenvalue weighted by Gasteiger charge is 2.11. The number of aryl methyl sites for hydroxylation is 1. The van der Waals surface area contributed by atoms with Crippen molar-refractivity contribution in [1.82, 2.24) is 4.98 Å². The van der Waals surface area contributed by atoms with Crippen molar-refractivity contribution >= 4 is 0 Å². The zero-order chi connectivity index (χ0) is 12.7. The van der Waals surface area contributed by atoms with Crippen molar-refractivity contribution in [3.8, 4) is 0 Å². The van der Waals surface area contributed by atoms with Gasteiger partial charge in [0.15, 0.2) is 0 Å². The van der Waals surface area contributed by atoms with E-state index in [2.05, 4.69) is 24.9 Å². The number of aromatic nitrogens is 1. The fourth-order valence-electron chi connectivity index (χ4n) is 1.93. The SMILES string of the molecule is CCc1ccc(CC(O)CC(C)COC)nc1. The average molecular weight is 237 g/mol. The number of aliphatic hydroxyl groups excluding tert-OH is 1. The lowest BCUT2D eigenvalue weighted by atomic mass is 10.0. The highest BCUT2D eigenvalue weighted by atomic mass is 16.5. The molecular formula is C14H23NO2. The second kappa shape index (κ2) is 7.41. The van der Waals surface area contributed by atoms with Crippen molar-refractivity contribution in [2.24, 2.45) is 5.92 Å². The molecule has 1 N–H and O–H groups in total. The summed E-state index contributed by atoms with van der Waals surface area (Å²) in [6.45, 7) is 4.89. The van der Waals surface area contributed by atoms with Crippen molar-refractivity contribution < 1.29 is 9.84 Å². The molecule has 2 unspecified atom stereocenters. The normalized spacial score (nSPS) is 14.6. The smallest absolute Gasteiger partial charge is 0.0599 e. The average Bonchev–Trinajstić information content (AvgIpc) is 2.30. The van der Waals surface area contributed by atoms with E-state index < -0.39 is 0 Å². The Hall–Kier alpha value is -0.930. The van der Waals surface area contributed by atoms with Gasteiger partial charge in [-0.1, -0.05) is 19.9 Å². The summed E-state index contributed by atoms with van der Waals surface area (Å²) < 4.78 is 5.06. The lowest BCUT2D eigenvalue weighted by Crippen LogP contribution is -2.18. The second-order valence-corrected chi connectivity index (χ2v) is 4.67. The number of ether oxygens (including phenoxy) is 1. The summed E-state index contributed by atoms with van der Waals surface area (Å²) in [5.41, 5.74) is 2.19. The van der Waals surface area contributed by atoms with Crippen LogP contribution in [0.2, 0.25) is 0 Å². The summed E-state index contributed by atoms with van der Waals surface area (Å²) in [5.74, 6) is 0.380. The third-order valence-corrected chi connectivity index (χ3v) is 2.86. The van der Waals surface area contributed by atoms with Gasteiger partial charge in [0, 0.05) is 32.0 Å². The van der Waals surface area contributed by atoms with Crippen LogP contribution < -0.4 is 0 Å². The predicted octanol–water partition coefficient (Wildman–Crippen LogP) is 2.22. The largest absolute Gasteiger partial charge is 0.393 e. The van der Waals surface area contributed by atoms with Crippen LogP contribution in [-0.4, -0.2) is 29.9 Å². The maximum atomic E-state index is 9.93. The Morgan fingerprint density at radius 1 is 1.41 bits per heavy atom. The molecule has 0 saturated heterocycles. The molecule has 0 aliphatic rings. The van der Waals surface area contributed by atoms with Gasteiger partial charge in [0.05, 0.1) is 6.10 Å². The van der Waals surface area contributed by atoms with Crippen LogP contribution in [0.3, 0.4) is 0 Å². The van der Waals surface area contributed by atoms with Crippen LogP contribution >= 0.6 is 0 Å². The van der Waals surface area contributed by atoms with Gasteiger partial charge >= 0.3 is 0 Å². The van der Waals surface area contributed by atoms with E-state index in [1.54, 1.807) is 7.11 Å². The Labute approximate surface area is 104 Å². The van der Waals surface area contributed by atoms with Gasteiger partial charge in [0.25, 0.3) is 0 Å². The van der Waals surface area contributed by atoms with Crippen LogP contribution in [0.4, 0.5) is 0 Å². The monoisotopic (exact) mass is 237 g/mol. The van der Waals surface area contributed by atoms with E-state index in [9.17, 15) is 5.11 Å². The van der Waals surface area contributed by atoms with E-state index in [-0.39, 0.29) is 6.10 Å². The number of rotatable bonds is 7. The Bertz CT molecular complexity index is 311. The van der Waals surface area contributed by atoms with Gasteiger partial charge in [-0.2, -0.15) is 0 Å². The molecule has 1 aromatic rings. The van der Waals surface area contributed by atoms with Crippen molar-refractivity contribution in [3.63, 3.8) is 0 Å². The molecule has 96 valence electrons. The molecule has 0 aliphatic carbocycles. The number of hydrogen-bond donors (Lipinski definition) is 1. The van der Waals surface area contributed by atoms with E-state index >= 15 is 0 Å². The van der Waals surface area contributed by atoms with Gasteiger partial charge in [-0.25, -0.2) is 0 Å². The van der Waals surface area contributed by atoms with Crippen molar-refractivity contribution in [1.29, 1.82) is 0 Å². The van der Waals surface area contributed by atoms with Gasteiger partial charge in [-0.05, 0) is 30.4 Å². The van der Waals surface area contributed by atoms with Crippen LogP contribution in [-0.2, 0) is 17.6 Å². The molecule has 0 saturated carbocycles. The van der Waals surface area contributed by atoms with Crippen LogP contribution in [0.15, 0.2) is 18.3 Å². The molecule has 1 heterocycles. The fraction of sp³-hybridized carbons (Fsp3) is 0.643. The minimum Gasteiger partial charge on any atom is -0.393 e. The van der Waals surface area contributed by atoms with Crippen LogP contribution in [0.1, 0.15) is 31.5 Å². The summed E-state index contributed by atoms with van der Waals surface area (Å²) in [6, 6.07) is 4.08. The first kappa shape index (κ1) is 14.1. The number of hydrogen-bond acceptors (Lipinski definition) is 3.